The zero-order chi connectivity index (χ0) is 16.4. The van der Waals surface area contributed by atoms with Crippen LogP contribution in [0.5, 0.6) is 11.5 Å². The molecule has 0 bridgehead atoms. The van der Waals surface area contributed by atoms with Gasteiger partial charge < -0.3 is 9.47 Å². The minimum absolute atomic E-state index is 0.251. The first-order chi connectivity index (χ1) is 11.1. The standard InChI is InChI=1S/C17H15BrN2O3/c1-22-15-8-12-13(9-16(15)23-2)17(21)20-19-14(12)7-10-4-3-5-11(18)6-10/h3-6,8-9H,7H2,1-2H3,(H,20,21). The highest BCUT2D eigenvalue weighted by Crippen LogP contribution is 2.32. The molecular weight excluding hydrogens is 360 g/mol. The largest absolute Gasteiger partial charge is 0.493 e. The van der Waals surface area contributed by atoms with Gasteiger partial charge in [-0.25, -0.2) is 5.10 Å². The minimum Gasteiger partial charge on any atom is -0.493 e. The molecule has 1 aromatic heterocycles. The molecule has 0 amide bonds. The first-order valence-corrected chi connectivity index (χ1v) is 7.79. The number of nitrogens with zero attached hydrogens (tertiary/aromatic N) is 1. The molecule has 5 nitrogen and oxygen atoms in total. The summed E-state index contributed by atoms with van der Waals surface area (Å²) in [5.74, 6) is 1.09. The second-order valence-electron chi connectivity index (χ2n) is 5.06. The Hall–Kier alpha value is -2.34. The quantitative estimate of drug-likeness (QED) is 0.760. The predicted molar refractivity (Wildman–Crippen MR) is 92.4 cm³/mol. The van der Waals surface area contributed by atoms with Gasteiger partial charge in [0, 0.05) is 16.3 Å². The van der Waals surface area contributed by atoms with Crippen LogP contribution < -0.4 is 15.0 Å². The van der Waals surface area contributed by atoms with Crippen LogP contribution in [0.25, 0.3) is 10.8 Å². The number of benzene rings is 2. The predicted octanol–water partition coefficient (Wildman–Crippen LogP) is 3.29. The first kappa shape index (κ1) is 15.6. The van der Waals surface area contributed by atoms with Gasteiger partial charge in [0.2, 0.25) is 0 Å². The third kappa shape index (κ3) is 3.07. The monoisotopic (exact) mass is 374 g/mol. The van der Waals surface area contributed by atoms with E-state index in [4.69, 9.17) is 9.47 Å². The lowest BCUT2D eigenvalue weighted by Crippen LogP contribution is -2.12. The Kier molecular flexibility index (Phi) is 4.34. The maximum Gasteiger partial charge on any atom is 0.272 e. The zero-order valence-electron chi connectivity index (χ0n) is 12.7. The molecule has 0 aliphatic heterocycles. The second-order valence-corrected chi connectivity index (χ2v) is 5.97. The number of methoxy groups -OCH3 is 2. The van der Waals surface area contributed by atoms with E-state index < -0.39 is 0 Å². The lowest BCUT2D eigenvalue weighted by molar-refractivity contribution is 0.356. The van der Waals surface area contributed by atoms with Crippen molar-refractivity contribution in [3.8, 4) is 11.5 Å². The van der Waals surface area contributed by atoms with Gasteiger partial charge in [-0.3, -0.25) is 4.79 Å². The Morgan fingerprint density at radius 2 is 1.78 bits per heavy atom. The summed E-state index contributed by atoms with van der Waals surface area (Å²) < 4.78 is 11.6. The number of aromatic nitrogens is 2. The Balaban J connectivity index is 2.17. The van der Waals surface area contributed by atoms with Crippen LogP contribution in [0, 0.1) is 0 Å². The van der Waals surface area contributed by atoms with Crippen LogP contribution in [0.2, 0.25) is 0 Å². The molecule has 3 rings (SSSR count). The fraction of sp³-hybridized carbons (Fsp3) is 0.176. The normalized spacial score (nSPS) is 10.7. The van der Waals surface area contributed by atoms with E-state index in [1.54, 1.807) is 26.4 Å². The molecule has 0 unspecified atom stereocenters. The molecule has 0 saturated carbocycles. The van der Waals surface area contributed by atoms with Crippen LogP contribution in [0.15, 0.2) is 45.7 Å². The van der Waals surface area contributed by atoms with Crippen LogP contribution in [0.3, 0.4) is 0 Å². The summed E-state index contributed by atoms with van der Waals surface area (Å²) in [7, 11) is 3.11. The number of nitrogens with one attached hydrogen (secondary N) is 1. The van der Waals surface area contributed by atoms with E-state index >= 15 is 0 Å². The topological polar surface area (TPSA) is 64.2 Å². The van der Waals surface area contributed by atoms with Crippen molar-refractivity contribution in [2.45, 2.75) is 6.42 Å². The minimum atomic E-state index is -0.251. The van der Waals surface area contributed by atoms with Gasteiger partial charge in [-0.1, -0.05) is 28.1 Å². The van der Waals surface area contributed by atoms with Gasteiger partial charge in [0.05, 0.1) is 25.3 Å². The summed E-state index contributed by atoms with van der Waals surface area (Å²) >= 11 is 3.46. The molecule has 6 heteroatoms. The number of fused-ring (bicyclic) bond motifs is 1. The number of hydrogen-bond donors (Lipinski definition) is 1. The van der Waals surface area contributed by atoms with Gasteiger partial charge in [0.15, 0.2) is 11.5 Å². The zero-order valence-corrected chi connectivity index (χ0v) is 14.3. The van der Waals surface area contributed by atoms with Crippen molar-refractivity contribution < 1.29 is 9.47 Å². The Morgan fingerprint density at radius 1 is 1.09 bits per heavy atom. The van der Waals surface area contributed by atoms with E-state index in [-0.39, 0.29) is 5.56 Å². The molecule has 23 heavy (non-hydrogen) atoms. The van der Waals surface area contributed by atoms with Crippen molar-refractivity contribution in [1.82, 2.24) is 10.2 Å². The molecular formula is C17H15BrN2O3. The smallest absolute Gasteiger partial charge is 0.272 e. The maximum absolute atomic E-state index is 12.1. The first-order valence-electron chi connectivity index (χ1n) is 7.00. The molecule has 0 atom stereocenters. The highest BCUT2D eigenvalue weighted by Gasteiger charge is 2.13. The summed E-state index contributed by atoms with van der Waals surface area (Å²) in [4.78, 5) is 12.1. The van der Waals surface area contributed by atoms with Crippen molar-refractivity contribution in [3.63, 3.8) is 0 Å². The molecule has 0 aliphatic carbocycles. The molecule has 0 fully saturated rings. The number of ether oxygens (including phenoxy) is 2. The van der Waals surface area contributed by atoms with Crippen molar-refractivity contribution >= 4 is 26.7 Å². The maximum atomic E-state index is 12.1. The number of H-pyrrole nitrogens is 1. The van der Waals surface area contributed by atoms with Crippen LogP contribution in [0.4, 0.5) is 0 Å². The van der Waals surface area contributed by atoms with E-state index in [0.29, 0.717) is 23.3 Å². The van der Waals surface area contributed by atoms with Crippen LogP contribution in [-0.4, -0.2) is 24.4 Å². The van der Waals surface area contributed by atoms with Gasteiger partial charge >= 0.3 is 0 Å². The summed E-state index contributed by atoms with van der Waals surface area (Å²) in [6, 6.07) is 11.5. The fourth-order valence-electron chi connectivity index (χ4n) is 2.52. The molecule has 0 saturated heterocycles. The highest BCUT2D eigenvalue weighted by molar-refractivity contribution is 9.10. The van der Waals surface area contributed by atoms with Crippen LogP contribution in [0.1, 0.15) is 11.3 Å². The lowest BCUT2D eigenvalue weighted by Gasteiger charge is -2.11. The average molecular weight is 375 g/mol. The molecule has 0 radical (unpaired) electrons. The molecule has 118 valence electrons. The molecule has 1 N–H and O–H groups in total. The summed E-state index contributed by atoms with van der Waals surface area (Å²) in [6.45, 7) is 0. The van der Waals surface area contributed by atoms with Crippen molar-refractivity contribution in [2.75, 3.05) is 14.2 Å². The Bertz CT molecular complexity index is 921. The van der Waals surface area contributed by atoms with Gasteiger partial charge in [-0.05, 0) is 29.8 Å². The molecule has 1 heterocycles. The summed E-state index contributed by atoms with van der Waals surface area (Å²) in [5.41, 5.74) is 1.62. The third-order valence-electron chi connectivity index (χ3n) is 3.63. The van der Waals surface area contributed by atoms with Crippen molar-refractivity contribution in [3.05, 3.63) is 62.5 Å². The van der Waals surface area contributed by atoms with E-state index in [1.165, 1.54) is 0 Å². The Labute approximate surface area is 141 Å². The third-order valence-corrected chi connectivity index (χ3v) is 4.13. The van der Waals surface area contributed by atoms with Gasteiger partial charge in [0.1, 0.15) is 0 Å². The van der Waals surface area contributed by atoms with Gasteiger partial charge in [0.25, 0.3) is 5.56 Å². The summed E-state index contributed by atoms with van der Waals surface area (Å²) in [5, 5.41) is 8.05. The highest BCUT2D eigenvalue weighted by atomic mass is 79.9. The Morgan fingerprint density at radius 3 is 2.43 bits per heavy atom. The van der Waals surface area contributed by atoms with E-state index in [9.17, 15) is 4.79 Å². The lowest BCUT2D eigenvalue weighted by atomic mass is 10.0. The molecule has 2 aromatic carbocycles. The van der Waals surface area contributed by atoms with Crippen molar-refractivity contribution in [1.29, 1.82) is 0 Å². The second kappa shape index (κ2) is 6.42. The molecule has 3 aromatic rings. The number of aromatic amines is 1. The van der Waals surface area contributed by atoms with Gasteiger partial charge in [-0.2, -0.15) is 5.10 Å². The van der Waals surface area contributed by atoms with Crippen LogP contribution in [-0.2, 0) is 6.42 Å². The average Bonchev–Trinajstić information content (AvgIpc) is 2.56. The number of rotatable bonds is 4. The number of halogens is 1. The number of hydrogen-bond acceptors (Lipinski definition) is 4. The molecule has 0 aliphatic rings. The van der Waals surface area contributed by atoms with Gasteiger partial charge in [-0.15, -0.1) is 0 Å². The summed E-state index contributed by atoms with van der Waals surface area (Å²) in [6.07, 6.45) is 0.599. The van der Waals surface area contributed by atoms with E-state index in [2.05, 4.69) is 26.1 Å². The fourth-order valence-corrected chi connectivity index (χ4v) is 2.97. The van der Waals surface area contributed by atoms with E-state index in [1.807, 2.05) is 24.3 Å². The van der Waals surface area contributed by atoms with Crippen molar-refractivity contribution in [2.24, 2.45) is 0 Å². The van der Waals surface area contributed by atoms with E-state index in [0.717, 1.165) is 21.1 Å². The molecule has 0 spiro atoms. The van der Waals surface area contributed by atoms with Crippen LogP contribution >= 0.6 is 15.9 Å². The SMILES string of the molecule is COc1cc2c(Cc3cccc(Br)c3)n[nH]c(=O)c2cc1OC.